The lowest BCUT2D eigenvalue weighted by molar-refractivity contribution is 0.565. The van der Waals surface area contributed by atoms with E-state index in [-0.39, 0.29) is 12.1 Å². The summed E-state index contributed by atoms with van der Waals surface area (Å²) < 4.78 is 2.17. The fourth-order valence-electron chi connectivity index (χ4n) is 4.96. The Hall–Kier alpha value is -2.86. The van der Waals surface area contributed by atoms with Crippen LogP contribution in [0, 0.1) is 13.8 Å². The fraction of sp³-hybridized carbons (Fsp3) is 0.214. The number of hydrogen-bond donors (Lipinski definition) is 1. The van der Waals surface area contributed by atoms with E-state index in [9.17, 15) is 0 Å². The molecule has 1 fully saturated rings. The molecular weight excluding hydrogens is 495 g/mol. The molecule has 4 nitrogen and oxygen atoms in total. The van der Waals surface area contributed by atoms with Gasteiger partial charge in [-0.2, -0.15) is 0 Å². The molecule has 2 atom stereocenters. The van der Waals surface area contributed by atoms with Gasteiger partial charge in [-0.15, -0.1) is 0 Å². The molecule has 1 aliphatic heterocycles. The number of nitrogens with one attached hydrogen (secondary N) is 1. The minimum atomic E-state index is -0.113. The first-order valence-corrected chi connectivity index (χ1v) is 12.8. The average molecular weight is 522 g/mol. The molecule has 5 rings (SSSR count). The Morgan fingerprint density at radius 1 is 1.00 bits per heavy atom. The maximum absolute atomic E-state index is 6.64. The summed E-state index contributed by atoms with van der Waals surface area (Å²) in [5.41, 5.74) is 7.45. The maximum atomic E-state index is 6.64. The standard InChI is InChI=1S/C28H26Cl2N4S/c1-4-19-11-13-20(14-12-19)34-27(26(32-28(34)35)23-9-5-6-15-31-23)21-16-17(2)33(18(21)3)24-10-7-8-22(29)25(24)30/h5-16,26-27H,4H2,1-3H3,(H,32,35)/t26-,27+/m0/s1. The van der Waals surface area contributed by atoms with Crippen LogP contribution in [0.5, 0.6) is 0 Å². The Morgan fingerprint density at radius 3 is 2.46 bits per heavy atom. The molecule has 0 aliphatic carbocycles. The van der Waals surface area contributed by atoms with Gasteiger partial charge in [0.2, 0.25) is 0 Å². The average Bonchev–Trinajstić information content (AvgIpc) is 3.36. The Balaban J connectivity index is 1.68. The number of aryl methyl sites for hydroxylation is 2. The van der Waals surface area contributed by atoms with E-state index in [1.807, 2.05) is 36.5 Å². The molecule has 35 heavy (non-hydrogen) atoms. The van der Waals surface area contributed by atoms with Gasteiger partial charge in [-0.05, 0) is 86.1 Å². The highest BCUT2D eigenvalue weighted by molar-refractivity contribution is 7.80. The molecule has 2 aromatic heterocycles. The third kappa shape index (κ3) is 4.22. The van der Waals surface area contributed by atoms with Gasteiger partial charge in [0.05, 0.1) is 33.5 Å². The van der Waals surface area contributed by atoms with Gasteiger partial charge < -0.3 is 14.8 Å². The molecule has 2 aromatic carbocycles. The van der Waals surface area contributed by atoms with Crippen LogP contribution in [0.3, 0.4) is 0 Å². The monoisotopic (exact) mass is 520 g/mol. The van der Waals surface area contributed by atoms with Crippen molar-refractivity contribution in [2.45, 2.75) is 39.3 Å². The second kappa shape index (κ2) is 9.65. The number of anilines is 1. The normalized spacial score (nSPS) is 17.6. The van der Waals surface area contributed by atoms with Crippen molar-refractivity contribution in [3.05, 3.63) is 111 Å². The summed E-state index contributed by atoms with van der Waals surface area (Å²) in [6.07, 6.45) is 2.81. The number of benzene rings is 2. The van der Waals surface area contributed by atoms with E-state index in [0.29, 0.717) is 15.2 Å². The van der Waals surface area contributed by atoms with E-state index in [0.717, 1.165) is 40.4 Å². The van der Waals surface area contributed by atoms with E-state index < -0.39 is 0 Å². The molecule has 0 amide bonds. The number of aromatic nitrogens is 2. The lowest BCUT2D eigenvalue weighted by Gasteiger charge is -2.28. The van der Waals surface area contributed by atoms with Crippen LogP contribution in [0.2, 0.25) is 10.0 Å². The van der Waals surface area contributed by atoms with Gasteiger partial charge in [-0.25, -0.2) is 0 Å². The van der Waals surface area contributed by atoms with E-state index in [1.165, 1.54) is 5.56 Å². The van der Waals surface area contributed by atoms with Gasteiger partial charge in [-0.3, -0.25) is 4.98 Å². The third-order valence-electron chi connectivity index (χ3n) is 6.68. The van der Waals surface area contributed by atoms with Crippen LogP contribution in [-0.2, 0) is 6.42 Å². The molecular formula is C28H26Cl2N4S. The molecule has 3 heterocycles. The summed E-state index contributed by atoms with van der Waals surface area (Å²) in [4.78, 5) is 6.88. The van der Waals surface area contributed by atoms with Crippen molar-refractivity contribution in [1.29, 1.82) is 0 Å². The molecule has 1 N–H and O–H groups in total. The molecule has 0 radical (unpaired) electrons. The number of rotatable bonds is 5. The molecule has 0 saturated carbocycles. The topological polar surface area (TPSA) is 33.1 Å². The minimum Gasteiger partial charge on any atom is -0.351 e. The zero-order valence-electron chi connectivity index (χ0n) is 19.8. The van der Waals surface area contributed by atoms with Gasteiger partial charge in [0, 0.05) is 23.3 Å². The Morgan fingerprint density at radius 2 is 1.77 bits per heavy atom. The molecule has 1 saturated heterocycles. The number of thiocarbonyl (C=S) groups is 1. The van der Waals surface area contributed by atoms with Crippen LogP contribution in [0.25, 0.3) is 5.69 Å². The van der Waals surface area contributed by atoms with Crippen molar-refractivity contribution in [3.63, 3.8) is 0 Å². The highest BCUT2D eigenvalue weighted by atomic mass is 35.5. The molecule has 178 valence electrons. The minimum absolute atomic E-state index is 0.0946. The van der Waals surface area contributed by atoms with E-state index in [1.54, 1.807) is 6.07 Å². The van der Waals surface area contributed by atoms with Gasteiger partial charge in [0.25, 0.3) is 0 Å². The van der Waals surface area contributed by atoms with Gasteiger partial charge in [0.15, 0.2) is 5.11 Å². The highest BCUT2D eigenvalue weighted by Gasteiger charge is 2.42. The van der Waals surface area contributed by atoms with Crippen LogP contribution in [0.1, 0.15) is 47.2 Å². The first-order chi connectivity index (χ1) is 16.9. The van der Waals surface area contributed by atoms with Crippen LogP contribution in [0.15, 0.2) is 72.9 Å². The van der Waals surface area contributed by atoms with Crippen LogP contribution in [0.4, 0.5) is 5.69 Å². The number of nitrogens with zero attached hydrogens (tertiary/aromatic N) is 3. The summed E-state index contributed by atoms with van der Waals surface area (Å²) >= 11 is 18.9. The molecule has 0 unspecified atom stereocenters. The molecule has 4 aromatic rings. The Bertz CT molecular complexity index is 1380. The van der Waals surface area contributed by atoms with E-state index in [2.05, 4.69) is 70.9 Å². The second-order valence-electron chi connectivity index (χ2n) is 8.75. The zero-order valence-corrected chi connectivity index (χ0v) is 22.1. The first kappa shape index (κ1) is 23.9. The smallest absolute Gasteiger partial charge is 0.174 e. The SMILES string of the molecule is CCc1ccc(N2C(=S)N[C@@H](c3ccccn3)[C@H]2c2cc(C)n(-c3cccc(Cl)c3Cl)c2C)cc1. The van der Waals surface area contributed by atoms with Crippen molar-refractivity contribution in [3.8, 4) is 5.69 Å². The van der Waals surface area contributed by atoms with Crippen molar-refractivity contribution in [2.75, 3.05) is 4.90 Å². The first-order valence-electron chi connectivity index (χ1n) is 11.6. The summed E-state index contributed by atoms with van der Waals surface area (Å²) in [6.45, 7) is 6.37. The number of pyridine rings is 1. The van der Waals surface area contributed by atoms with Gasteiger partial charge in [-0.1, -0.05) is 54.4 Å². The van der Waals surface area contributed by atoms with Gasteiger partial charge in [0.1, 0.15) is 0 Å². The second-order valence-corrected chi connectivity index (χ2v) is 9.92. The van der Waals surface area contributed by atoms with Crippen molar-refractivity contribution in [2.24, 2.45) is 0 Å². The number of halogens is 2. The van der Waals surface area contributed by atoms with E-state index >= 15 is 0 Å². The quantitative estimate of drug-likeness (QED) is 0.275. The Labute approximate surface area is 221 Å². The van der Waals surface area contributed by atoms with Crippen molar-refractivity contribution in [1.82, 2.24) is 14.9 Å². The van der Waals surface area contributed by atoms with Crippen LogP contribution < -0.4 is 10.2 Å². The fourth-order valence-corrected chi connectivity index (χ4v) is 5.69. The van der Waals surface area contributed by atoms with Crippen molar-refractivity contribution < 1.29 is 0 Å². The number of hydrogen-bond acceptors (Lipinski definition) is 2. The lowest BCUT2D eigenvalue weighted by Crippen LogP contribution is -2.29. The predicted octanol–water partition coefficient (Wildman–Crippen LogP) is 7.54. The molecule has 0 bridgehead atoms. The summed E-state index contributed by atoms with van der Waals surface area (Å²) in [7, 11) is 0. The summed E-state index contributed by atoms with van der Waals surface area (Å²) in [6, 6.07) is 22.3. The molecule has 0 spiro atoms. The van der Waals surface area contributed by atoms with Crippen molar-refractivity contribution >= 4 is 46.2 Å². The summed E-state index contributed by atoms with van der Waals surface area (Å²) in [5, 5.41) is 5.30. The molecule has 1 aliphatic rings. The van der Waals surface area contributed by atoms with Crippen LogP contribution >= 0.6 is 35.4 Å². The molecule has 7 heteroatoms. The van der Waals surface area contributed by atoms with Gasteiger partial charge >= 0.3 is 0 Å². The third-order valence-corrected chi connectivity index (χ3v) is 7.81. The lowest BCUT2D eigenvalue weighted by atomic mass is 9.96. The highest BCUT2D eigenvalue weighted by Crippen LogP contribution is 2.44. The maximum Gasteiger partial charge on any atom is 0.174 e. The van der Waals surface area contributed by atoms with E-state index in [4.69, 9.17) is 35.4 Å². The predicted molar refractivity (Wildman–Crippen MR) is 149 cm³/mol. The largest absolute Gasteiger partial charge is 0.351 e. The van der Waals surface area contributed by atoms with Crippen LogP contribution in [-0.4, -0.2) is 14.7 Å². The Kier molecular flexibility index (Phi) is 6.58. The summed E-state index contributed by atoms with van der Waals surface area (Å²) in [5.74, 6) is 0. The zero-order chi connectivity index (χ0) is 24.7.